The summed E-state index contributed by atoms with van der Waals surface area (Å²) in [5, 5.41) is 0. The molecule has 0 unspecified atom stereocenters. The van der Waals surface area contributed by atoms with Gasteiger partial charge < -0.3 is 4.90 Å². The van der Waals surface area contributed by atoms with Gasteiger partial charge in [-0.15, -0.1) is 0 Å². The van der Waals surface area contributed by atoms with Crippen LogP contribution < -0.4 is 0 Å². The van der Waals surface area contributed by atoms with Crippen LogP contribution in [0.3, 0.4) is 0 Å². The van der Waals surface area contributed by atoms with Gasteiger partial charge in [0.15, 0.2) is 0 Å². The summed E-state index contributed by atoms with van der Waals surface area (Å²) in [7, 11) is 0. The van der Waals surface area contributed by atoms with Crippen molar-refractivity contribution in [2.75, 3.05) is 26.2 Å². The number of alkyl halides is 3. The molecular weight excluding hydrogens is 389 g/mol. The Morgan fingerprint density at radius 2 is 1.57 bits per heavy atom. The summed E-state index contributed by atoms with van der Waals surface area (Å²) in [5.74, 6) is 2.87. The van der Waals surface area contributed by atoms with Gasteiger partial charge in [-0.25, -0.2) is 0 Å². The number of hydrogen-bond donors (Lipinski definition) is 0. The molecule has 1 amide bonds. The number of halogens is 3. The molecule has 3 nitrogen and oxygen atoms in total. The Hall–Kier alpha value is -1.56. The van der Waals surface area contributed by atoms with Gasteiger partial charge in [-0.1, -0.05) is 18.2 Å². The lowest BCUT2D eigenvalue weighted by Gasteiger charge is -2.57. The molecule has 0 aromatic heterocycles. The monoisotopic (exact) mass is 420 g/mol. The Balaban J connectivity index is 1.14. The van der Waals surface area contributed by atoms with E-state index in [0.717, 1.165) is 36.9 Å². The lowest BCUT2D eigenvalue weighted by atomic mass is 9.49. The number of benzene rings is 1. The van der Waals surface area contributed by atoms with E-state index in [1.807, 2.05) is 4.90 Å². The van der Waals surface area contributed by atoms with Crippen LogP contribution in [-0.4, -0.2) is 41.9 Å². The predicted molar refractivity (Wildman–Crippen MR) is 109 cm³/mol. The minimum atomic E-state index is -4.31. The normalized spacial score (nSPS) is 33.8. The Labute approximate surface area is 176 Å². The van der Waals surface area contributed by atoms with E-state index >= 15 is 0 Å². The molecule has 0 atom stereocenters. The zero-order chi connectivity index (χ0) is 20.9. The van der Waals surface area contributed by atoms with Crippen LogP contribution in [0.15, 0.2) is 24.3 Å². The van der Waals surface area contributed by atoms with Crippen molar-refractivity contribution in [3.63, 3.8) is 0 Å². The maximum Gasteiger partial charge on any atom is 0.416 e. The third kappa shape index (κ3) is 4.12. The highest BCUT2D eigenvalue weighted by Gasteiger charge is 2.51. The molecule has 1 aromatic rings. The van der Waals surface area contributed by atoms with E-state index in [-0.39, 0.29) is 5.41 Å². The van der Waals surface area contributed by atoms with Crippen LogP contribution in [-0.2, 0) is 17.5 Å². The van der Waals surface area contributed by atoms with Crippen molar-refractivity contribution >= 4 is 5.91 Å². The molecule has 6 heteroatoms. The number of amides is 1. The lowest BCUT2D eigenvalue weighted by molar-refractivity contribution is -0.141. The standard InChI is InChI=1S/C24H31F3N2O/c25-24(26,27)21-3-1-2-17(11-21)16-28-4-6-29(7-5-28)22(30)15-23-12-18-8-19(13-23)10-20(9-18)14-23/h1-3,11,18-20H,4-10,12-16H2. The molecule has 1 heterocycles. The summed E-state index contributed by atoms with van der Waals surface area (Å²) in [4.78, 5) is 17.2. The second-order valence-corrected chi connectivity index (χ2v) is 10.4. The van der Waals surface area contributed by atoms with Gasteiger partial charge in [0.25, 0.3) is 0 Å². The van der Waals surface area contributed by atoms with E-state index in [2.05, 4.69) is 4.90 Å². The first-order chi connectivity index (χ1) is 14.3. The fourth-order valence-electron chi connectivity index (χ4n) is 7.20. The average molecular weight is 421 g/mol. The second kappa shape index (κ2) is 7.54. The summed E-state index contributed by atoms with van der Waals surface area (Å²) >= 11 is 0. The number of piperazine rings is 1. The van der Waals surface area contributed by atoms with E-state index in [9.17, 15) is 18.0 Å². The van der Waals surface area contributed by atoms with E-state index < -0.39 is 11.7 Å². The van der Waals surface area contributed by atoms with E-state index in [1.165, 1.54) is 50.7 Å². The highest BCUT2D eigenvalue weighted by molar-refractivity contribution is 5.77. The zero-order valence-electron chi connectivity index (χ0n) is 17.5. The first kappa shape index (κ1) is 20.3. The molecule has 164 valence electrons. The molecule has 0 spiro atoms. The topological polar surface area (TPSA) is 23.6 Å². The third-order valence-electron chi connectivity index (χ3n) is 8.08. The van der Waals surface area contributed by atoms with Gasteiger partial charge >= 0.3 is 6.18 Å². The number of nitrogens with zero attached hydrogens (tertiary/aromatic N) is 2. The molecule has 1 aliphatic heterocycles. The minimum absolute atomic E-state index is 0.265. The molecule has 0 N–H and O–H groups in total. The average Bonchev–Trinajstić information content (AvgIpc) is 2.66. The van der Waals surface area contributed by atoms with Crippen LogP contribution in [0, 0.1) is 23.2 Å². The number of carbonyl (C=O) groups is 1. The SMILES string of the molecule is O=C(CC12CC3CC(CC(C3)C1)C2)N1CCN(Cc2cccc(C(F)(F)F)c2)CC1. The number of hydrogen-bond acceptors (Lipinski definition) is 2. The fraction of sp³-hybridized carbons (Fsp3) is 0.708. The summed E-state index contributed by atoms with van der Waals surface area (Å²) in [5.41, 5.74) is 0.351. The second-order valence-electron chi connectivity index (χ2n) is 10.4. The highest BCUT2D eigenvalue weighted by Crippen LogP contribution is 2.61. The number of rotatable bonds is 4. The van der Waals surface area contributed by atoms with Crippen molar-refractivity contribution in [2.45, 2.75) is 57.7 Å². The van der Waals surface area contributed by atoms with Crippen molar-refractivity contribution < 1.29 is 18.0 Å². The molecule has 1 aromatic carbocycles. The van der Waals surface area contributed by atoms with Crippen LogP contribution in [0.5, 0.6) is 0 Å². The molecule has 5 fully saturated rings. The Bertz CT molecular complexity index is 763. The van der Waals surface area contributed by atoms with Crippen LogP contribution >= 0.6 is 0 Å². The van der Waals surface area contributed by atoms with Crippen molar-refractivity contribution in [3.8, 4) is 0 Å². The van der Waals surface area contributed by atoms with Gasteiger partial charge in [0.05, 0.1) is 5.56 Å². The van der Waals surface area contributed by atoms with Crippen molar-refractivity contribution in [1.82, 2.24) is 9.80 Å². The van der Waals surface area contributed by atoms with Gasteiger partial charge in [0.1, 0.15) is 0 Å². The lowest BCUT2D eigenvalue weighted by Crippen LogP contribution is -2.52. The zero-order valence-corrected chi connectivity index (χ0v) is 17.5. The van der Waals surface area contributed by atoms with Gasteiger partial charge in [-0.2, -0.15) is 13.2 Å². The maximum absolute atomic E-state index is 13.1. The first-order valence-electron chi connectivity index (χ1n) is 11.4. The van der Waals surface area contributed by atoms with Crippen LogP contribution in [0.4, 0.5) is 13.2 Å². The summed E-state index contributed by atoms with van der Waals surface area (Å²) in [6.45, 7) is 3.32. The van der Waals surface area contributed by atoms with Gasteiger partial charge in [-0.05, 0) is 73.3 Å². The van der Waals surface area contributed by atoms with Crippen LogP contribution in [0.2, 0.25) is 0 Å². The van der Waals surface area contributed by atoms with E-state index in [4.69, 9.17) is 0 Å². The summed E-state index contributed by atoms with van der Waals surface area (Å²) in [6.07, 6.45) is 4.33. The largest absolute Gasteiger partial charge is 0.416 e. The van der Waals surface area contributed by atoms with Crippen LogP contribution in [0.1, 0.15) is 56.1 Å². The summed E-state index contributed by atoms with van der Waals surface area (Å²) in [6, 6.07) is 5.58. The Morgan fingerprint density at radius 1 is 0.967 bits per heavy atom. The molecule has 1 saturated heterocycles. The molecule has 30 heavy (non-hydrogen) atoms. The molecule has 4 saturated carbocycles. The molecule has 5 aliphatic rings. The van der Waals surface area contributed by atoms with Gasteiger partial charge in [0.2, 0.25) is 5.91 Å². The van der Waals surface area contributed by atoms with Gasteiger partial charge in [0, 0.05) is 39.1 Å². The molecule has 4 aliphatic carbocycles. The molecule has 4 bridgehead atoms. The van der Waals surface area contributed by atoms with Crippen LogP contribution in [0.25, 0.3) is 0 Å². The van der Waals surface area contributed by atoms with Crippen molar-refractivity contribution in [1.29, 1.82) is 0 Å². The fourth-order valence-corrected chi connectivity index (χ4v) is 7.20. The third-order valence-corrected chi connectivity index (χ3v) is 8.08. The Morgan fingerprint density at radius 3 is 2.13 bits per heavy atom. The summed E-state index contributed by atoms with van der Waals surface area (Å²) < 4.78 is 38.8. The number of carbonyl (C=O) groups excluding carboxylic acids is 1. The maximum atomic E-state index is 13.1. The van der Waals surface area contributed by atoms with Gasteiger partial charge in [-0.3, -0.25) is 9.69 Å². The van der Waals surface area contributed by atoms with Crippen molar-refractivity contribution in [3.05, 3.63) is 35.4 Å². The Kier molecular flexibility index (Phi) is 5.11. The quantitative estimate of drug-likeness (QED) is 0.688. The molecular formula is C24H31F3N2O. The predicted octanol–water partition coefficient (Wildman–Crippen LogP) is 4.96. The van der Waals surface area contributed by atoms with E-state index in [1.54, 1.807) is 6.07 Å². The van der Waals surface area contributed by atoms with E-state index in [0.29, 0.717) is 37.5 Å². The smallest absolute Gasteiger partial charge is 0.340 e. The molecule has 6 rings (SSSR count). The highest BCUT2D eigenvalue weighted by atomic mass is 19.4. The first-order valence-corrected chi connectivity index (χ1v) is 11.4. The van der Waals surface area contributed by atoms with Crippen molar-refractivity contribution in [2.24, 2.45) is 23.2 Å². The molecule has 0 radical (unpaired) electrons. The minimum Gasteiger partial charge on any atom is -0.340 e.